The molecule has 10 nitrogen and oxygen atoms in total. The van der Waals surface area contributed by atoms with Crippen LogP contribution in [0.25, 0.3) is 22.1 Å². The number of hydrogen-bond donors (Lipinski definition) is 2. The van der Waals surface area contributed by atoms with Gasteiger partial charge in [0.25, 0.3) is 0 Å². The van der Waals surface area contributed by atoms with Crippen molar-refractivity contribution >= 4 is 28.8 Å². The topological polar surface area (TPSA) is 133 Å². The van der Waals surface area contributed by atoms with E-state index in [1.165, 1.54) is 5.56 Å². The monoisotopic (exact) mass is 511 g/mol. The van der Waals surface area contributed by atoms with Gasteiger partial charge in [0.15, 0.2) is 0 Å². The van der Waals surface area contributed by atoms with Crippen LogP contribution in [-0.2, 0) is 32.0 Å². The van der Waals surface area contributed by atoms with Crippen LogP contribution in [0.2, 0.25) is 0 Å². The number of hydrogen-bond acceptors (Lipinski definition) is 7. The summed E-state index contributed by atoms with van der Waals surface area (Å²) in [6.45, 7) is 2.49. The highest BCUT2D eigenvalue weighted by Crippen LogP contribution is 2.28. The first-order valence-corrected chi connectivity index (χ1v) is 12.0. The molecule has 2 N–H and O–H groups in total. The Kier molecular flexibility index (Phi) is 9.76. The number of pyridine rings is 1. The zero-order valence-corrected chi connectivity index (χ0v) is 21.3. The van der Waals surface area contributed by atoms with Gasteiger partial charge in [-0.1, -0.05) is 6.07 Å². The molecule has 1 aliphatic rings. The molecule has 2 aromatic heterocycles. The van der Waals surface area contributed by atoms with E-state index in [1.54, 1.807) is 13.3 Å². The maximum atomic E-state index is 12.8. The van der Waals surface area contributed by atoms with Gasteiger partial charge in [-0.25, -0.2) is 9.59 Å². The summed E-state index contributed by atoms with van der Waals surface area (Å²) in [5, 5.41) is 15.9. The molecule has 1 aliphatic heterocycles. The standard InChI is InChI=1S/C25H31N3O3.C2H2O4/c1-27(2)9-6-20-17-31-24-5-4-19(14-23(20)24)21-12-18(15-26-16-21)13-25(29)28-10-7-22(30-3)8-11-28;3-1(4)2(5)6/h4-5,12,14-17,22H,6-11,13H2,1-3H3;(H,3,4)(H,5,6). The quantitative estimate of drug-likeness (QED) is 0.459. The van der Waals surface area contributed by atoms with Crippen molar-refractivity contribution in [1.82, 2.24) is 14.8 Å². The van der Waals surface area contributed by atoms with Crippen LogP contribution in [0.1, 0.15) is 24.0 Å². The van der Waals surface area contributed by atoms with E-state index in [2.05, 4.69) is 42.2 Å². The summed E-state index contributed by atoms with van der Waals surface area (Å²) < 4.78 is 11.1. The first kappa shape index (κ1) is 27.8. The number of furan rings is 1. The number of amides is 1. The van der Waals surface area contributed by atoms with Gasteiger partial charge in [0.2, 0.25) is 5.91 Å². The molecule has 0 spiro atoms. The Morgan fingerprint density at radius 1 is 1.08 bits per heavy atom. The maximum Gasteiger partial charge on any atom is 0.414 e. The SMILES string of the molecule is COC1CCN(C(=O)Cc2cncc(-c3ccc4occ(CCN(C)C)c4c3)c2)CC1.O=C(O)C(=O)O. The normalized spacial score (nSPS) is 13.9. The molecule has 0 atom stereocenters. The molecule has 3 heterocycles. The van der Waals surface area contributed by atoms with E-state index in [9.17, 15) is 4.79 Å². The van der Waals surface area contributed by atoms with Crippen molar-refractivity contribution in [3.8, 4) is 11.1 Å². The van der Waals surface area contributed by atoms with Crippen LogP contribution in [0.5, 0.6) is 0 Å². The molecule has 1 saturated heterocycles. The fraction of sp³-hybridized carbons (Fsp3) is 0.407. The third-order valence-corrected chi connectivity index (χ3v) is 6.28. The number of nitrogens with zero attached hydrogens (tertiary/aromatic N) is 3. The van der Waals surface area contributed by atoms with E-state index in [1.807, 2.05) is 23.4 Å². The van der Waals surface area contributed by atoms with Crippen LogP contribution in [0.15, 0.2) is 47.3 Å². The number of piperidine rings is 1. The number of aromatic nitrogens is 1. The van der Waals surface area contributed by atoms with Crippen LogP contribution in [0.3, 0.4) is 0 Å². The van der Waals surface area contributed by atoms with Gasteiger partial charge in [-0.2, -0.15) is 0 Å². The van der Waals surface area contributed by atoms with E-state index < -0.39 is 11.9 Å². The summed E-state index contributed by atoms with van der Waals surface area (Å²) in [5.74, 6) is -3.49. The van der Waals surface area contributed by atoms with E-state index in [0.717, 1.165) is 66.6 Å². The minimum absolute atomic E-state index is 0.157. The molecule has 3 aromatic rings. The number of rotatable bonds is 7. The Labute approximate surface area is 215 Å². The molecule has 0 unspecified atom stereocenters. The minimum Gasteiger partial charge on any atom is -0.473 e. The molecule has 4 rings (SSSR count). The summed E-state index contributed by atoms with van der Waals surface area (Å²) in [6, 6.07) is 8.32. The number of likely N-dealkylation sites (tertiary alicyclic amines) is 1. The molecule has 1 amide bonds. The zero-order chi connectivity index (χ0) is 26.9. The smallest absolute Gasteiger partial charge is 0.414 e. The first-order valence-electron chi connectivity index (χ1n) is 12.0. The summed E-state index contributed by atoms with van der Waals surface area (Å²) in [5.41, 5.74) is 5.16. The van der Waals surface area contributed by atoms with Crippen LogP contribution >= 0.6 is 0 Å². The maximum absolute atomic E-state index is 12.8. The van der Waals surface area contributed by atoms with Gasteiger partial charge in [0.05, 0.1) is 18.8 Å². The number of aliphatic carboxylic acids is 2. The first-order chi connectivity index (χ1) is 17.7. The lowest BCUT2D eigenvalue weighted by atomic mass is 10.0. The number of ether oxygens (including phenoxy) is 1. The fourth-order valence-electron chi connectivity index (χ4n) is 4.17. The highest BCUT2D eigenvalue weighted by Gasteiger charge is 2.22. The Balaban J connectivity index is 0.000000568. The second-order valence-corrected chi connectivity index (χ2v) is 9.21. The Morgan fingerprint density at radius 2 is 1.78 bits per heavy atom. The Hall–Kier alpha value is -3.76. The number of methoxy groups -OCH3 is 1. The highest BCUT2D eigenvalue weighted by atomic mass is 16.5. The van der Waals surface area contributed by atoms with E-state index in [0.29, 0.717) is 6.42 Å². The lowest BCUT2D eigenvalue weighted by Crippen LogP contribution is -2.41. The van der Waals surface area contributed by atoms with Gasteiger partial charge in [0.1, 0.15) is 5.58 Å². The van der Waals surface area contributed by atoms with Crippen molar-refractivity contribution in [3.05, 3.63) is 54.0 Å². The number of benzene rings is 1. The van der Waals surface area contributed by atoms with Crippen LogP contribution in [0.4, 0.5) is 0 Å². The molecule has 0 aliphatic carbocycles. The lowest BCUT2D eigenvalue weighted by molar-refractivity contribution is -0.159. The van der Waals surface area contributed by atoms with Crippen molar-refractivity contribution in [1.29, 1.82) is 0 Å². The van der Waals surface area contributed by atoms with Gasteiger partial charge in [0, 0.05) is 50.1 Å². The van der Waals surface area contributed by atoms with E-state index in [4.69, 9.17) is 29.0 Å². The summed E-state index contributed by atoms with van der Waals surface area (Å²) in [7, 11) is 5.89. The van der Waals surface area contributed by atoms with Gasteiger partial charge < -0.3 is 29.2 Å². The zero-order valence-electron chi connectivity index (χ0n) is 21.3. The van der Waals surface area contributed by atoms with Crippen molar-refractivity contribution < 1.29 is 33.8 Å². The van der Waals surface area contributed by atoms with Gasteiger partial charge in [-0.05, 0) is 68.2 Å². The fourth-order valence-corrected chi connectivity index (χ4v) is 4.17. The number of carbonyl (C=O) groups is 3. The second kappa shape index (κ2) is 13.0. The number of carboxylic acid groups (broad SMARTS) is 2. The van der Waals surface area contributed by atoms with Gasteiger partial charge in [-0.15, -0.1) is 0 Å². The Bertz CT molecular complexity index is 1220. The minimum atomic E-state index is -1.82. The Morgan fingerprint density at radius 3 is 2.41 bits per heavy atom. The van der Waals surface area contributed by atoms with E-state index in [-0.39, 0.29) is 12.0 Å². The summed E-state index contributed by atoms with van der Waals surface area (Å²) in [6.07, 6.45) is 8.91. The molecule has 0 saturated carbocycles. The van der Waals surface area contributed by atoms with Crippen LogP contribution in [-0.4, -0.2) is 89.8 Å². The molecule has 1 fully saturated rings. The molecule has 198 valence electrons. The average molecular weight is 512 g/mol. The lowest BCUT2D eigenvalue weighted by Gasteiger charge is -2.31. The van der Waals surface area contributed by atoms with Crippen molar-refractivity contribution in [2.24, 2.45) is 0 Å². The van der Waals surface area contributed by atoms with Crippen LogP contribution in [0, 0.1) is 0 Å². The molecule has 0 bridgehead atoms. The molecular formula is C27H33N3O7. The third-order valence-electron chi connectivity index (χ3n) is 6.28. The molecule has 1 aromatic carbocycles. The molecular weight excluding hydrogens is 478 g/mol. The van der Waals surface area contributed by atoms with Crippen molar-refractivity contribution in [3.63, 3.8) is 0 Å². The number of fused-ring (bicyclic) bond motifs is 1. The predicted molar refractivity (Wildman–Crippen MR) is 137 cm³/mol. The van der Waals surface area contributed by atoms with Gasteiger partial charge >= 0.3 is 11.9 Å². The second-order valence-electron chi connectivity index (χ2n) is 9.21. The van der Waals surface area contributed by atoms with Crippen molar-refractivity contribution in [2.75, 3.05) is 40.8 Å². The number of likely N-dealkylation sites (N-methyl/N-ethyl adjacent to an activating group) is 1. The third kappa shape index (κ3) is 7.86. The summed E-state index contributed by atoms with van der Waals surface area (Å²) in [4.78, 5) is 39.5. The number of carboxylic acids is 2. The highest BCUT2D eigenvalue weighted by molar-refractivity contribution is 6.27. The van der Waals surface area contributed by atoms with Gasteiger partial charge in [-0.3, -0.25) is 9.78 Å². The average Bonchev–Trinajstić information content (AvgIpc) is 3.30. The van der Waals surface area contributed by atoms with E-state index >= 15 is 0 Å². The summed E-state index contributed by atoms with van der Waals surface area (Å²) >= 11 is 0. The van der Waals surface area contributed by atoms with Crippen molar-refractivity contribution in [2.45, 2.75) is 31.8 Å². The largest absolute Gasteiger partial charge is 0.473 e. The number of carbonyl (C=O) groups excluding carboxylic acids is 1. The molecule has 37 heavy (non-hydrogen) atoms. The molecule has 0 radical (unpaired) electrons. The predicted octanol–water partition coefficient (Wildman–Crippen LogP) is 2.93. The van der Waals surface area contributed by atoms with Crippen LogP contribution < -0.4 is 0 Å². The molecule has 10 heteroatoms.